The molecule has 0 radical (unpaired) electrons. The summed E-state index contributed by atoms with van der Waals surface area (Å²) in [5.74, 6) is 0. The van der Waals surface area contributed by atoms with Gasteiger partial charge in [-0.2, -0.15) is 0 Å². The van der Waals surface area contributed by atoms with Crippen LogP contribution in [0.4, 0.5) is 5.69 Å². The predicted molar refractivity (Wildman–Crippen MR) is 113 cm³/mol. The van der Waals surface area contributed by atoms with E-state index in [1.807, 2.05) is 27.7 Å². The molecule has 1 fully saturated rings. The van der Waals surface area contributed by atoms with Crippen LogP contribution < -0.4 is 4.90 Å². The molecule has 2 heterocycles. The predicted octanol–water partition coefficient (Wildman–Crippen LogP) is 5.16. The Kier molecular flexibility index (Phi) is 9.51. The molecule has 0 unspecified atom stereocenters. The van der Waals surface area contributed by atoms with Gasteiger partial charge < -0.3 is 9.80 Å². The van der Waals surface area contributed by atoms with Crippen LogP contribution in [0, 0.1) is 0 Å². The Morgan fingerprint density at radius 3 is 2.08 bits per heavy atom. The van der Waals surface area contributed by atoms with Gasteiger partial charge in [-0.3, -0.25) is 4.98 Å². The van der Waals surface area contributed by atoms with Gasteiger partial charge in [0, 0.05) is 42.9 Å². The highest BCUT2D eigenvalue weighted by atomic mass is 15.2. The molecular formula is C22H37N3. The monoisotopic (exact) mass is 343 g/mol. The van der Waals surface area contributed by atoms with Crippen LogP contribution >= 0.6 is 0 Å². The lowest BCUT2D eigenvalue weighted by molar-refractivity contribution is 0.313. The van der Waals surface area contributed by atoms with E-state index in [2.05, 4.69) is 55.0 Å². The largest absolute Gasteiger partial charge is 0.369 e. The SMILES string of the molecule is CC.CC.CCc1cc(CC)c2cc(N3CCN(C)CC3)ccc2n1. The molecule has 0 saturated carbocycles. The van der Waals surface area contributed by atoms with Gasteiger partial charge in [-0.15, -0.1) is 0 Å². The van der Waals surface area contributed by atoms with Crippen molar-refractivity contribution in [1.29, 1.82) is 0 Å². The minimum Gasteiger partial charge on any atom is -0.369 e. The van der Waals surface area contributed by atoms with E-state index in [1.54, 1.807) is 0 Å². The van der Waals surface area contributed by atoms with Gasteiger partial charge in [-0.25, -0.2) is 0 Å². The Labute approximate surface area is 155 Å². The lowest BCUT2D eigenvalue weighted by Crippen LogP contribution is -2.44. The molecule has 1 aromatic heterocycles. The first kappa shape index (κ1) is 21.4. The number of aromatic nitrogens is 1. The van der Waals surface area contributed by atoms with E-state index in [4.69, 9.17) is 4.98 Å². The van der Waals surface area contributed by atoms with E-state index in [-0.39, 0.29) is 0 Å². The number of likely N-dealkylation sites (N-methyl/N-ethyl adjacent to an activating group) is 1. The van der Waals surface area contributed by atoms with Gasteiger partial charge in [0.05, 0.1) is 5.52 Å². The van der Waals surface area contributed by atoms with Crippen LogP contribution in [-0.4, -0.2) is 43.1 Å². The van der Waals surface area contributed by atoms with Gasteiger partial charge in [-0.05, 0) is 49.7 Å². The number of anilines is 1. The standard InChI is InChI=1S/C18H25N3.2C2H6/c1-4-14-12-15(5-2)19-18-7-6-16(13-17(14)18)21-10-8-20(3)9-11-21;2*1-2/h6-7,12-13H,4-5,8-11H2,1-3H3;2*1-2H3. The average molecular weight is 344 g/mol. The second kappa shape index (κ2) is 11.1. The molecule has 1 aromatic carbocycles. The number of nitrogens with zero attached hydrogens (tertiary/aromatic N) is 3. The number of benzene rings is 1. The molecule has 1 aliphatic heterocycles. The van der Waals surface area contributed by atoms with Crippen molar-refractivity contribution in [3.8, 4) is 0 Å². The highest BCUT2D eigenvalue weighted by Gasteiger charge is 2.15. The number of rotatable bonds is 3. The normalized spacial score (nSPS) is 14.4. The van der Waals surface area contributed by atoms with E-state index in [1.165, 1.54) is 22.3 Å². The Morgan fingerprint density at radius 2 is 1.52 bits per heavy atom. The maximum Gasteiger partial charge on any atom is 0.0709 e. The quantitative estimate of drug-likeness (QED) is 0.767. The van der Waals surface area contributed by atoms with Crippen molar-refractivity contribution in [2.75, 3.05) is 38.1 Å². The molecule has 0 atom stereocenters. The summed E-state index contributed by atoms with van der Waals surface area (Å²) in [5.41, 5.74) is 5.11. The van der Waals surface area contributed by atoms with Crippen molar-refractivity contribution < 1.29 is 0 Å². The molecule has 3 rings (SSSR count). The van der Waals surface area contributed by atoms with Gasteiger partial charge in [-0.1, -0.05) is 41.5 Å². The molecule has 0 bridgehead atoms. The first-order chi connectivity index (χ1) is 12.2. The van der Waals surface area contributed by atoms with Crippen molar-refractivity contribution in [1.82, 2.24) is 9.88 Å². The highest BCUT2D eigenvalue weighted by molar-refractivity contribution is 5.86. The second-order valence-corrected chi connectivity index (χ2v) is 5.97. The van der Waals surface area contributed by atoms with Crippen LogP contribution in [0.2, 0.25) is 0 Å². The fraction of sp³-hybridized carbons (Fsp3) is 0.591. The molecule has 3 nitrogen and oxygen atoms in total. The van der Waals surface area contributed by atoms with E-state index >= 15 is 0 Å². The van der Waals surface area contributed by atoms with Gasteiger partial charge in [0.25, 0.3) is 0 Å². The van der Waals surface area contributed by atoms with E-state index in [0.717, 1.165) is 44.5 Å². The van der Waals surface area contributed by atoms with Crippen LogP contribution in [0.1, 0.15) is 52.8 Å². The number of fused-ring (bicyclic) bond motifs is 1. The number of piperazine rings is 1. The van der Waals surface area contributed by atoms with Gasteiger partial charge in [0.2, 0.25) is 0 Å². The minimum atomic E-state index is 1.00. The average Bonchev–Trinajstić information content (AvgIpc) is 2.70. The number of pyridine rings is 1. The van der Waals surface area contributed by atoms with Crippen molar-refractivity contribution >= 4 is 16.6 Å². The number of hydrogen-bond donors (Lipinski definition) is 0. The lowest BCUT2D eigenvalue weighted by Gasteiger charge is -2.34. The Bertz CT molecular complexity index is 628. The Balaban J connectivity index is 0.000000730. The van der Waals surface area contributed by atoms with Gasteiger partial charge in [0.15, 0.2) is 0 Å². The Hall–Kier alpha value is -1.61. The van der Waals surface area contributed by atoms with Gasteiger partial charge in [0.1, 0.15) is 0 Å². The molecule has 0 spiro atoms. The summed E-state index contributed by atoms with van der Waals surface area (Å²) in [6.07, 6.45) is 2.07. The first-order valence-electron chi connectivity index (χ1n) is 10.1. The van der Waals surface area contributed by atoms with Crippen LogP contribution in [0.3, 0.4) is 0 Å². The smallest absolute Gasteiger partial charge is 0.0709 e. The summed E-state index contributed by atoms with van der Waals surface area (Å²) in [7, 11) is 2.20. The van der Waals surface area contributed by atoms with Crippen molar-refractivity contribution in [3.05, 3.63) is 35.5 Å². The van der Waals surface area contributed by atoms with Crippen LogP contribution in [-0.2, 0) is 12.8 Å². The molecule has 0 amide bonds. The third-order valence-electron chi connectivity index (χ3n) is 4.54. The zero-order chi connectivity index (χ0) is 18.8. The first-order valence-corrected chi connectivity index (χ1v) is 10.1. The van der Waals surface area contributed by atoms with E-state index in [9.17, 15) is 0 Å². The zero-order valence-corrected chi connectivity index (χ0v) is 17.4. The summed E-state index contributed by atoms with van der Waals surface area (Å²) < 4.78 is 0. The summed E-state index contributed by atoms with van der Waals surface area (Å²) in [5, 5.41) is 1.33. The van der Waals surface area contributed by atoms with E-state index in [0.29, 0.717) is 0 Å². The molecule has 1 aliphatic rings. The molecule has 0 N–H and O–H groups in total. The highest BCUT2D eigenvalue weighted by Crippen LogP contribution is 2.26. The fourth-order valence-corrected chi connectivity index (χ4v) is 3.08. The molecule has 1 saturated heterocycles. The van der Waals surface area contributed by atoms with Crippen molar-refractivity contribution in [2.45, 2.75) is 54.4 Å². The number of aryl methyl sites for hydroxylation is 2. The molecule has 0 aliphatic carbocycles. The lowest BCUT2D eigenvalue weighted by atomic mass is 10.0. The van der Waals surface area contributed by atoms with Gasteiger partial charge >= 0.3 is 0 Å². The van der Waals surface area contributed by atoms with Crippen molar-refractivity contribution in [3.63, 3.8) is 0 Å². The molecule has 3 heteroatoms. The minimum absolute atomic E-state index is 1.00. The topological polar surface area (TPSA) is 19.4 Å². The fourth-order valence-electron chi connectivity index (χ4n) is 3.08. The molecule has 2 aromatic rings. The molecule has 140 valence electrons. The second-order valence-electron chi connectivity index (χ2n) is 5.97. The summed E-state index contributed by atoms with van der Waals surface area (Å²) in [6, 6.07) is 9.04. The molecular weight excluding hydrogens is 306 g/mol. The zero-order valence-electron chi connectivity index (χ0n) is 17.4. The maximum absolute atomic E-state index is 4.77. The maximum atomic E-state index is 4.77. The third-order valence-corrected chi connectivity index (χ3v) is 4.54. The summed E-state index contributed by atoms with van der Waals surface area (Å²) in [4.78, 5) is 9.66. The summed E-state index contributed by atoms with van der Waals surface area (Å²) in [6.45, 7) is 16.9. The van der Waals surface area contributed by atoms with E-state index < -0.39 is 0 Å². The third kappa shape index (κ3) is 5.43. The Morgan fingerprint density at radius 1 is 0.880 bits per heavy atom. The van der Waals surface area contributed by atoms with Crippen LogP contribution in [0.5, 0.6) is 0 Å². The van der Waals surface area contributed by atoms with Crippen LogP contribution in [0.15, 0.2) is 24.3 Å². The van der Waals surface area contributed by atoms with Crippen molar-refractivity contribution in [2.24, 2.45) is 0 Å². The molecule has 25 heavy (non-hydrogen) atoms. The summed E-state index contributed by atoms with van der Waals surface area (Å²) >= 11 is 0. The van der Waals surface area contributed by atoms with Crippen LogP contribution in [0.25, 0.3) is 10.9 Å². The number of hydrogen-bond acceptors (Lipinski definition) is 3.